The number of piperidine rings is 1. The van der Waals surface area contributed by atoms with E-state index < -0.39 is 6.10 Å². The van der Waals surface area contributed by atoms with E-state index in [4.69, 9.17) is 0 Å². The zero-order valence-electron chi connectivity index (χ0n) is 16.3. The minimum absolute atomic E-state index is 0.136. The molecular weight excluding hydrogens is 368 g/mol. The summed E-state index contributed by atoms with van der Waals surface area (Å²) in [5, 5.41) is 25.1. The highest BCUT2D eigenvalue weighted by atomic mass is 16.3. The molecule has 29 heavy (non-hydrogen) atoms. The van der Waals surface area contributed by atoms with E-state index in [2.05, 4.69) is 20.8 Å². The number of amides is 2. The fraction of sp³-hybridized carbons (Fsp3) is 0.333. The molecule has 2 aromatic carbocycles. The number of nitrogens with zero attached hydrogens (tertiary/aromatic N) is 5. The van der Waals surface area contributed by atoms with Gasteiger partial charge in [-0.15, -0.1) is 5.10 Å². The number of tetrazole rings is 1. The van der Waals surface area contributed by atoms with Crippen molar-refractivity contribution in [3.8, 4) is 5.69 Å². The number of urea groups is 1. The molecule has 2 amide bonds. The highest BCUT2D eigenvalue weighted by molar-refractivity contribution is 5.89. The number of likely N-dealkylation sites (tertiary alicyclic amines) is 1. The molecule has 1 saturated heterocycles. The van der Waals surface area contributed by atoms with Crippen molar-refractivity contribution in [2.24, 2.45) is 5.92 Å². The van der Waals surface area contributed by atoms with Gasteiger partial charge in [-0.05, 0) is 59.9 Å². The third-order valence-electron chi connectivity index (χ3n) is 5.38. The number of rotatable bonds is 4. The molecule has 1 aromatic heterocycles. The van der Waals surface area contributed by atoms with Crippen molar-refractivity contribution < 1.29 is 9.90 Å². The van der Waals surface area contributed by atoms with Gasteiger partial charge in [0.25, 0.3) is 0 Å². The molecule has 150 valence electrons. The molecule has 0 saturated carbocycles. The molecule has 1 unspecified atom stereocenters. The van der Waals surface area contributed by atoms with Crippen molar-refractivity contribution in [2.45, 2.75) is 25.9 Å². The number of nitrogens with one attached hydrogen (secondary N) is 1. The van der Waals surface area contributed by atoms with Crippen molar-refractivity contribution in [1.29, 1.82) is 0 Å². The zero-order chi connectivity index (χ0) is 20.2. The molecule has 1 aliphatic heterocycles. The van der Waals surface area contributed by atoms with Gasteiger partial charge in [-0.25, -0.2) is 4.79 Å². The first kappa shape index (κ1) is 19.1. The van der Waals surface area contributed by atoms with E-state index in [-0.39, 0.29) is 11.9 Å². The molecule has 8 nitrogen and oxygen atoms in total. The van der Waals surface area contributed by atoms with Crippen molar-refractivity contribution in [1.82, 2.24) is 25.1 Å². The molecule has 1 aliphatic rings. The summed E-state index contributed by atoms with van der Waals surface area (Å²) in [4.78, 5) is 14.5. The second-order valence-electron chi connectivity index (χ2n) is 7.30. The molecule has 8 heteroatoms. The van der Waals surface area contributed by atoms with Gasteiger partial charge in [0, 0.05) is 18.8 Å². The molecule has 2 N–H and O–H groups in total. The minimum Gasteiger partial charge on any atom is -0.388 e. The van der Waals surface area contributed by atoms with E-state index in [0.29, 0.717) is 24.6 Å². The SMILES string of the molecule is Cc1nnnn1-c1cccc(NC(=O)N2CCC(C(O)c3ccccc3)CC2)c1. The lowest BCUT2D eigenvalue weighted by Crippen LogP contribution is -2.42. The maximum Gasteiger partial charge on any atom is 0.321 e. The number of benzene rings is 2. The Kier molecular flexibility index (Phi) is 5.53. The summed E-state index contributed by atoms with van der Waals surface area (Å²) < 4.78 is 1.62. The van der Waals surface area contributed by atoms with Crippen molar-refractivity contribution in [3.05, 3.63) is 66.0 Å². The smallest absolute Gasteiger partial charge is 0.321 e. The summed E-state index contributed by atoms with van der Waals surface area (Å²) >= 11 is 0. The Bertz CT molecular complexity index is 966. The number of hydrogen-bond donors (Lipinski definition) is 2. The normalized spacial score (nSPS) is 15.9. The number of aryl methyl sites for hydroxylation is 1. The Morgan fingerprint density at radius 2 is 1.90 bits per heavy atom. The van der Waals surface area contributed by atoms with Crippen LogP contribution in [0.4, 0.5) is 10.5 Å². The van der Waals surface area contributed by atoms with Gasteiger partial charge in [0.2, 0.25) is 0 Å². The number of aliphatic hydroxyl groups is 1. The molecule has 0 radical (unpaired) electrons. The molecule has 0 bridgehead atoms. The Balaban J connectivity index is 1.35. The number of anilines is 1. The van der Waals surface area contributed by atoms with Crippen LogP contribution in [0.3, 0.4) is 0 Å². The fourth-order valence-electron chi connectivity index (χ4n) is 3.73. The highest BCUT2D eigenvalue weighted by Crippen LogP contribution is 2.30. The van der Waals surface area contributed by atoms with E-state index in [1.54, 1.807) is 9.58 Å². The van der Waals surface area contributed by atoms with Crippen LogP contribution in [-0.4, -0.2) is 49.3 Å². The molecule has 0 spiro atoms. The Labute approximate surface area is 169 Å². The molecule has 3 aromatic rings. The topological polar surface area (TPSA) is 96.2 Å². The summed E-state index contributed by atoms with van der Waals surface area (Å²) in [5.74, 6) is 0.833. The lowest BCUT2D eigenvalue weighted by molar-refractivity contribution is 0.0683. The third-order valence-corrected chi connectivity index (χ3v) is 5.38. The lowest BCUT2D eigenvalue weighted by Gasteiger charge is -2.34. The van der Waals surface area contributed by atoms with Crippen LogP contribution in [0.25, 0.3) is 5.69 Å². The molecule has 1 atom stereocenters. The summed E-state index contributed by atoms with van der Waals surface area (Å²) in [6.07, 6.45) is 1.05. The second-order valence-corrected chi connectivity index (χ2v) is 7.30. The summed E-state index contributed by atoms with van der Waals surface area (Å²) in [7, 11) is 0. The summed E-state index contributed by atoms with van der Waals surface area (Å²) in [6.45, 7) is 3.05. The van der Waals surface area contributed by atoms with Crippen molar-refractivity contribution in [3.63, 3.8) is 0 Å². The molecular formula is C21H24N6O2. The van der Waals surface area contributed by atoms with Gasteiger partial charge in [-0.2, -0.15) is 4.68 Å². The van der Waals surface area contributed by atoms with Crippen LogP contribution in [0.1, 0.15) is 30.3 Å². The van der Waals surface area contributed by atoms with Gasteiger partial charge in [-0.3, -0.25) is 0 Å². The average Bonchev–Trinajstić information content (AvgIpc) is 3.20. The highest BCUT2D eigenvalue weighted by Gasteiger charge is 2.28. The van der Waals surface area contributed by atoms with Gasteiger partial charge in [0.15, 0.2) is 5.82 Å². The van der Waals surface area contributed by atoms with Gasteiger partial charge in [0.05, 0.1) is 11.8 Å². The van der Waals surface area contributed by atoms with E-state index in [1.807, 2.05) is 61.5 Å². The quantitative estimate of drug-likeness (QED) is 0.712. The zero-order valence-corrected chi connectivity index (χ0v) is 16.3. The Hall–Kier alpha value is -3.26. The van der Waals surface area contributed by atoms with Crippen molar-refractivity contribution in [2.75, 3.05) is 18.4 Å². The van der Waals surface area contributed by atoms with Crippen LogP contribution in [0.5, 0.6) is 0 Å². The number of carbonyl (C=O) groups is 1. The van der Waals surface area contributed by atoms with Gasteiger partial charge < -0.3 is 15.3 Å². The minimum atomic E-state index is -0.488. The largest absolute Gasteiger partial charge is 0.388 e. The van der Waals surface area contributed by atoms with Crippen molar-refractivity contribution >= 4 is 11.7 Å². The summed E-state index contributed by atoms with van der Waals surface area (Å²) in [6, 6.07) is 17.0. The Morgan fingerprint density at radius 3 is 2.59 bits per heavy atom. The van der Waals surface area contributed by atoms with Gasteiger partial charge in [-0.1, -0.05) is 36.4 Å². The number of carbonyl (C=O) groups excluding carboxylic acids is 1. The predicted molar refractivity (Wildman–Crippen MR) is 109 cm³/mol. The van der Waals surface area contributed by atoms with E-state index >= 15 is 0 Å². The van der Waals surface area contributed by atoms with Crippen LogP contribution >= 0.6 is 0 Å². The van der Waals surface area contributed by atoms with Crippen LogP contribution in [-0.2, 0) is 0 Å². The number of hydrogen-bond acceptors (Lipinski definition) is 5. The number of aliphatic hydroxyl groups excluding tert-OH is 1. The molecule has 0 aliphatic carbocycles. The second kappa shape index (κ2) is 8.40. The standard InChI is InChI=1S/C21H24N6O2/c1-15-23-24-25-27(15)19-9-5-8-18(14-19)22-21(29)26-12-10-17(11-13-26)20(28)16-6-3-2-4-7-16/h2-9,14,17,20,28H,10-13H2,1H3,(H,22,29). The molecule has 2 heterocycles. The molecule has 4 rings (SSSR count). The maximum absolute atomic E-state index is 12.7. The van der Waals surface area contributed by atoms with Crippen LogP contribution in [0.15, 0.2) is 54.6 Å². The molecule has 1 fully saturated rings. The van der Waals surface area contributed by atoms with Crippen LogP contribution in [0.2, 0.25) is 0 Å². The summed E-state index contributed by atoms with van der Waals surface area (Å²) in [5.41, 5.74) is 2.41. The van der Waals surface area contributed by atoms with Gasteiger partial charge in [0.1, 0.15) is 0 Å². The monoisotopic (exact) mass is 392 g/mol. The van der Waals surface area contributed by atoms with Crippen LogP contribution in [0, 0.1) is 12.8 Å². The van der Waals surface area contributed by atoms with Gasteiger partial charge >= 0.3 is 6.03 Å². The first-order chi connectivity index (χ1) is 14.1. The van der Waals surface area contributed by atoms with Crippen LogP contribution < -0.4 is 5.32 Å². The van der Waals surface area contributed by atoms with E-state index in [0.717, 1.165) is 24.1 Å². The number of aromatic nitrogens is 4. The first-order valence-electron chi connectivity index (χ1n) is 9.76. The average molecular weight is 392 g/mol. The van der Waals surface area contributed by atoms with E-state index in [9.17, 15) is 9.90 Å². The predicted octanol–water partition coefficient (Wildman–Crippen LogP) is 2.95. The Morgan fingerprint density at radius 1 is 1.14 bits per heavy atom. The fourth-order valence-corrected chi connectivity index (χ4v) is 3.73. The van der Waals surface area contributed by atoms with E-state index in [1.165, 1.54) is 0 Å². The lowest BCUT2D eigenvalue weighted by atomic mass is 9.87. The third kappa shape index (κ3) is 4.27. The first-order valence-corrected chi connectivity index (χ1v) is 9.76. The maximum atomic E-state index is 12.7.